The summed E-state index contributed by atoms with van der Waals surface area (Å²) in [6.07, 6.45) is -1.84. The van der Waals surface area contributed by atoms with E-state index >= 15 is 0 Å². The van der Waals surface area contributed by atoms with E-state index in [-0.39, 0.29) is 12.6 Å². The van der Waals surface area contributed by atoms with E-state index < -0.39 is 13.0 Å². The molecule has 0 spiro atoms. The highest BCUT2D eigenvalue weighted by Gasteiger charge is 2.12. The lowest BCUT2D eigenvalue weighted by molar-refractivity contribution is 0.0145. The summed E-state index contributed by atoms with van der Waals surface area (Å²) < 4.78 is 33.9. The Balaban J connectivity index is 2.59. The number of halogens is 3. The molecule has 0 aliphatic rings. The molecular weight excluding hydrogens is 276 g/mol. The number of ether oxygens (including phenoxy) is 2. The number of benzene rings is 1. The number of nitrogens with one attached hydrogen (secondary N) is 1. The van der Waals surface area contributed by atoms with Crippen LogP contribution in [0.3, 0.4) is 0 Å². The molecule has 0 bridgehead atoms. The third kappa shape index (κ3) is 5.30. The maximum absolute atomic E-state index is 11.9. The Bertz CT molecular complexity index is 391. The van der Waals surface area contributed by atoms with Gasteiger partial charge in [-0.1, -0.05) is 17.7 Å². The van der Waals surface area contributed by atoms with Gasteiger partial charge in [0, 0.05) is 12.6 Å². The third-order valence-electron chi connectivity index (χ3n) is 2.72. The van der Waals surface area contributed by atoms with Gasteiger partial charge >= 0.3 is 0 Å². The molecule has 0 heterocycles. The molecule has 6 heteroatoms. The molecule has 0 saturated carbocycles. The van der Waals surface area contributed by atoms with Crippen LogP contribution < -0.4 is 10.1 Å². The summed E-state index contributed by atoms with van der Waals surface area (Å²) in [5.74, 6) is 0.591. The fourth-order valence-electron chi connectivity index (χ4n) is 1.74. The van der Waals surface area contributed by atoms with Crippen LogP contribution in [-0.2, 0) is 4.74 Å². The molecule has 0 aliphatic carbocycles. The minimum atomic E-state index is -2.43. The standard InChI is InChI=1S/C13H18ClF2NO2/c1-17-11(5-6-19-8-13(15)16)9-3-4-10(14)12(7-9)18-2/h3-4,7,11,13,17H,5-6,8H2,1-2H3. The van der Waals surface area contributed by atoms with E-state index in [0.29, 0.717) is 17.2 Å². The highest BCUT2D eigenvalue weighted by atomic mass is 35.5. The first-order valence-electron chi connectivity index (χ1n) is 5.95. The Morgan fingerprint density at radius 2 is 2.11 bits per heavy atom. The van der Waals surface area contributed by atoms with Crippen molar-refractivity contribution in [1.82, 2.24) is 5.32 Å². The Morgan fingerprint density at radius 1 is 1.37 bits per heavy atom. The van der Waals surface area contributed by atoms with E-state index in [1.165, 1.54) is 0 Å². The molecule has 108 valence electrons. The molecule has 0 amide bonds. The highest BCUT2D eigenvalue weighted by molar-refractivity contribution is 6.32. The zero-order chi connectivity index (χ0) is 14.3. The minimum Gasteiger partial charge on any atom is -0.495 e. The highest BCUT2D eigenvalue weighted by Crippen LogP contribution is 2.28. The van der Waals surface area contributed by atoms with Crippen molar-refractivity contribution in [2.75, 3.05) is 27.4 Å². The molecule has 1 N–H and O–H groups in total. The van der Waals surface area contributed by atoms with Gasteiger partial charge in [-0.2, -0.15) is 0 Å². The third-order valence-corrected chi connectivity index (χ3v) is 3.03. The van der Waals surface area contributed by atoms with Crippen LogP contribution in [0.25, 0.3) is 0 Å². The van der Waals surface area contributed by atoms with Gasteiger partial charge in [0.2, 0.25) is 0 Å². The summed E-state index contributed by atoms with van der Waals surface area (Å²) in [5.41, 5.74) is 0.976. The van der Waals surface area contributed by atoms with Crippen molar-refractivity contribution in [1.29, 1.82) is 0 Å². The van der Waals surface area contributed by atoms with Crippen molar-refractivity contribution in [3.63, 3.8) is 0 Å². The summed E-state index contributed by atoms with van der Waals surface area (Å²) in [4.78, 5) is 0. The summed E-state index contributed by atoms with van der Waals surface area (Å²) in [7, 11) is 3.35. The first-order valence-corrected chi connectivity index (χ1v) is 6.32. The Labute approximate surface area is 116 Å². The maximum atomic E-state index is 11.9. The lowest BCUT2D eigenvalue weighted by atomic mass is 10.0. The van der Waals surface area contributed by atoms with E-state index in [4.69, 9.17) is 21.1 Å². The molecule has 0 aliphatic heterocycles. The molecule has 0 saturated heterocycles. The van der Waals surface area contributed by atoms with Crippen LogP contribution in [0.5, 0.6) is 5.75 Å². The van der Waals surface area contributed by atoms with Crippen molar-refractivity contribution in [2.45, 2.75) is 18.9 Å². The van der Waals surface area contributed by atoms with Crippen LogP contribution in [0, 0.1) is 0 Å². The zero-order valence-electron chi connectivity index (χ0n) is 11.0. The van der Waals surface area contributed by atoms with Crippen molar-refractivity contribution in [3.05, 3.63) is 28.8 Å². The Hall–Kier alpha value is -0.910. The number of alkyl halides is 2. The first-order chi connectivity index (χ1) is 9.08. The molecule has 1 atom stereocenters. The Morgan fingerprint density at radius 3 is 2.68 bits per heavy atom. The van der Waals surface area contributed by atoms with Gasteiger partial charge in [0.1, 0.15) is 12.4 Å². The second kappa shape index (κ2) is 8.30. The smallest absolute Gasteiger partial charge is 0.261 e. The maximum Gasteiger partial charge on any atom is 0.261 e. The van der Waals surface area contributed by atoms with Gasteiger partial charge in [-0.05, 0) is 31.2 Å². The fourth-order valence-corrected chi connectivity index (χ4v) is 1.94. The zero-order valence-corrected chi connectivity index (χ0v) is 11.7. The van der Waals surface area contributed by atoms with Crippen LogP contribution in [0.1, 0.15) is 18.0 Å². The largest absolute Gasteiger partial charge is 0.495 e. The predicted molar refractivity (Wildman–Crippen MR) is 71.2 cm³/mol. The van der Waals surface area contributed by atoms with Gasteiger partial charge in [-0.3, -0.25) is 0 Å². The Kier molecular flexibility index (Phi) is 7.05. The predicted octanol–water partition coefficient (Wildman–Crippen LogP) is 3.28. The number of methoxy groups -OCH3 is 1. The molecule has 0 aromatic heterocycles. The van der Waals surface area contributed by atoms with E-state index in [1.807, 2.05) is 12.1 Å². The molecule has 3 nitrogen and oxygen atoms in total. The number of rotatable bonds is 8. The molecule has 1 aromatic carbocycles. The minimum absolute atomic E-state index is 0.00355. The number of hydrogen-bond donors (Lipinski definition) is 1. The monoisotopic (exact) mass is 293 g/mol. The van der Waals surface area contributed by atoms with Crippen LogP contribution in [0.2, 0.25) is 5.02 Å². The summed E-state index contributed by atoms with van der Waals surface area (Å²) in [6.45, 7) is -0.263. The molecular formula is C13H18ClF2NO2. The van der Waals surface area contributed by atoms with Crippen LogP contribution in [0.4, 0.5) is 8.78 Å². The van der Waals surface area contributed by atoms with Gasteiger partial charge in [0.05, 0.1) is 12.1 Å². The quantitative estimate of drug-likeness (QED) is 0.746. The van der Waals surface area contributed by atoms with Crippen LogP contribution in [-0.4, -0.2) is 33.8 Å². The molecule has 0 fully saturated rings. The van der Waals surface area contributed by atoms with Crippen molar-refractivity contribution >= 4 is 11.6 Å². The van der Waals surface area contributed by atoms with Gasteiger partial charge in [0.15, 0.2) is 0 Å². The van der Waals surface area contributed by atoms with Crippen molar-refractivity contribution < 1.29 is 18.3 Å². The van der Waals surface area contributed by atoms with Gasteiger partial charge < -0.3 is 14.8 Å². The van der Waals surface area contributed by atoms with Crippen LogP contribution >= 0.6 is 11.6 Å². The second-order valence-corrected chi connectivity index (χ2v) is 4.40. The molecule has 1 unspecified atom stereocenters. The molecule has 1 rings (SSSR count). The van der Waals surface area contributed by atoms with E-state index in [1.54, 1.807) is 20.2 Å². The molecule has 19 heavy (non-hydrogen) atoms. The first kappa shape index (κ1) is 16.1. The van der Waals surface area contributed by atoms with Gasteiger partial charge in [-0.25, -0.2) is 8.78 Å². The summed E-state index contributed by atoms with van der Waals surface area (Å²) in [6, 6.07) is 5.46. The fraction of sp³-hybridized carbons (Fsp3) is 0.538. The average Bonchev–Trinajstić information content (AvgIpc) is 2.39. The summed E-state index contributed by atoms with van der Waals surface area (Å²) >= 11 is 5.95. The second-order valence-electron chi connectivity index (χ2n) is 3.99. The molecule has 0 radical (unpaired) electrons. The average molecular weight is 294 g/mol. The SMILES string of the molecule is CNC(CCOCC(F)F)c1ccc(Cl)c(OC)c1. The van der Waals surface area contributed by atoms with Crippen LogP contribution in [0.15, 0.2) is 18.2 Å². The number of hydrogen-bond acceptors (Lipinski definition) is 3. The topological polar surface area (TPSA) is 30.5 Å². The summed E-state index contributed by atoms with van der Waals surface area (Å²) in [5, 5.41) is 3.65. The lowest BCUT2D eigenvalue weighted by Gasteiger charge is -2.18. The van der Waals surface area contributed by atoms with Crippen molar-refractivity contribution in [3.8, 4) is 5.75 Å². The van der Waals surface area contributed by atoms with Gasteiger partial charge in [-0.15, -0.1) is 0 Å². The van der Waals surface area contributed by atoms with Gasteiger partial charge in [0.25, 0.3) is 6.43 Å². The lowest BCUT2D eigenvalue weighted by Crippen LogP contribution is -2.19. The molecule has 1 aromatic rings. The van der Waals surface area contributed by atoms with E-state index in [9.17, 15) is 8.78 Å². The van der Waals surface area contributed by atoms with Crippen molar-refractivity contribution in [2.24, 2.45) is 0 Å². The van der Waals surface area contributed by atoms with E-state index in [0.717, 1.165) is 5.56 Å². The van der Waals surface area contributed by atoms with E-state index in [2.05, 4.69) is 5.32 Å². The normalized spacial score (nSPS) is 12.7.